The van der Waals surface area contributed by atoms with Crippen molar-refractivity contribution < 1.29 is 9.53 Å². The van der Waals surface area contributed by atoms with Crippen LogP contribution in [0.1, 0.15) is 15.9 Å². The van der Waals surface area contributed by atoms with Crippen LogP contribution in [0.3, 0.4) is 0 Å². The molecule has 2 rings (SSSR count). The number of ether oxygens (including phenoxy) is 1. The van der Waals surface area contributed by atoms with Crippen LogP contribution in [0, 0.1) is 0 Å². The van der Waals surface area contributed by atoms with E-state index in [9.17, 15) is 4.79 Å². The van der Waals surface area contributed by atoms with Crippen LogP contribution in [0.25, 0.3) is 0 Å². The highest BCUT2D eigenvalue weighted by Crippen LogP contribution is 2.26. The first-order chi connectivity index (χ1) is 9.13. The molecular formula is C16H17NO2. The number of ketones is 1. The van der Waals surface area contributed by atoms with Crippen molar-refractivity contribution in [1.82, 2.24) is 0 Å². The molecule has 0 spiro atoms. The maximum atomic E-state index is 12.5. The van der Waals surface area contributed by atoms with Gasteiger partial charge in [-0.3, -0.25) is 4.79 Å². The first-order valence-corrected chi connectivity index (χ1v) is 6.08. The van der Waals surface area contributed by atoms with Crippen molar-refractivity contribution >= 4 is 11.5 Å². The first-order valence-electron chi connectivity index (χ1n) is 6.08. The van der Waals surface area contributed by atoms with Crippen molar-refractivity contribution in [1.29, 1.82) is 0 Å². The van der Waals surface area contributed by atoms with E-state index in [0.717, 1.165) is 11.4 Å². The van der Waals surface area contributed by atoms with Gasteiger partial charge in [-0.1, -0.05) is 30.3 Å². The third-order valence-electron chi connectivity index (χ3n) is 2.97. The summed E-state index contributed by atoms with van der Waals surface area (Å²) in [5.41, 5.74) is 2.22. The van der Waals surface area contributed by atoms with Crippen LogP contribution in [0.5, 0.6) is 5.75 Å². The Balaban J connectivity index is 2.47. The van der Waals surface area contributed by atoms with Crippen molar-refractivity contribution in [2.75, 3.05) is 26.1 Å². The number of methoxy groups -OCH3 is 1. The second-order valence-electron chi connectivity index (χ2n) is 4.47. The third-order valence-corrected chi connectivity index (χ3v) is 2.97. The van der Waals surface area contributed by atoms with Gasteiger partial charge >= 0.3 is 0 Å². The van der Waals surface area contributed by atoms with Gasteiger partial charge in [0.05, 0.1) is 12.8 Å². The maximum Gasteiger partial charge on any atom is 0.195 e. The van der Waals surface area contributed by atoms with Crippen LogP contribution in [-0.2, 0) is 0 Å². The molecule has 3 heteroatoms. The zero-order chi connectivity index (χ0) is 13.8. The zero-order valence-corrected chi connectivity index (χ0v) is 11.4. The molecule has 2 aromatic rings. The zero-order valence-electron chi connectivity index (χ0n) is 11.4. The molecule has 0 heterocycles. The largest absolute Gasteiger partial charge is 0.497 e. The standard InChI is InChI=1S/C16H17NO2/c1-17(2)15-11-13(19-3)9-10-14(15)16(18)12-7-5-4-6-8-12/h4-11H,1-3H3. The second-order valence-corrected chi connectivity index (χ2v) is 4.47. The fourth-order valence-electron chi connectivity index (χ4n) is 1.95. The predicted molar refractivity (Wildman–Crippen MR) is 77.2 cm³/mol. The first kappa shape index (κ1) is 13.1. The summed E-state index contributed by atoms with van der Waals surface area (Å²) in [4.78, 5) is 14.4. The molecule has 2 aromatic carbocycles. The number of benzene rings is 2. The molecule has 0 radical (unpaired) electrons. The van der Waals surface area contributed by atoms with Gasteiger partial charge in [-0.15, -0.1) is 0 Å². The Bertz CT molecular complexity index is 577. The Morgan fingerprint density at radius 3 is 2.32 bits per heavy atom. The minimum atomic E-state index is 0.0203. The molecule has 0 saturated carbocycles. The van der Waals surface area contributed by atoms with Crippen LogP contribution >= 0.6 is 0 Å². The molecule has 0 aliphatic carbocycles. The summed E-state index contributed by atoms with van der Waals surface area (Å²) >= 11 is 0. The number of hydrogen-bond acceptors (Lipinski definition) is 3. The molecule has 3 nitrogen and oxygen atoms in total. The van der Waals surface area contributed by atoms with E-state index in [2.05, 4.69) is 0 Å². The SMILES string of the molecule is COc1ccc(C(=O)c2ccccc2)c(N(C)C)c1. The van der Waals surface area contributed by atoms with Crippen LogP contribution in [0.2, 0.25) is 0 Å². The minimum Gasteiger partial charge on any atom is -0.497 e. The Morgan fingerprint density at radius 1 is 1.05 bits per heavy atom. The highest BCUT2D eigenvalue weighted by atomic mass is 16.5. The van der Waals surface area contributed by atoms with Gasteiger partial charge in [-0.2, -0.15) is 0 Å². The van der Waals surface area contributed by atoms with Crippen LogP contribution < -0.4 is 9.64 Å². The van der Waals surface area contributed by atoms with Crippen LogP contribution in [0.15, 0.2) is 48.5 Å². The van der Waals surface area contributed by atoms with Gasteiger partial charge in [0.25, 0.3) is 0 Å². The summed E-state index contributed by atoms with van der Waals surface area (Å²) in [6, 6.07) is 14.8. The molecule has 0 bridgehead atoms. The van der Waals surface area contributed by atoms with Crippen molar-refractivity contribution in [3.63, 3.8) is 0 Å². The number of carbonyl (C=O) groups is 1. The summed E-state index contributed by atoms with van der Waals surface area (Å²) < 4.78 is 5.21. The molecule has 0 aliphatic rings. The van der Waals surface area contributed by atoms with Crippen LogP contribution in [-0.4, -0.2) is 27.0 Å². The Labute approximate surface area is 113 Å². The topological polar surface area (TPSA) is 29.5 Å². The van der Waals surface area contributed by atoms with E-state index >= 15 is 0 Å². The van der Waals surface area contributed by atoms with E-state index in [1.165, 1.54) is 0 Å². The molecule has 19 heavy (non-hydrogen) atoms. The number of rotatable bonds is 4. The van der Waals surface area contributed by atoms with Gasteiger partial charge in [0, 0.05) is 31.3 Å². The van der Waals surface area contributed by atoms with Gasteiger partial charge in [-0.05, 0) is 12.1 Å². The van der Waals surface area contributed by atoms with Gasteiger partial charge in [0.1, 0.15) is 5.75 Å². The molecular weight excluding hydrogens is 238 g/mol. The minimum absolute atomic E-state index is 0.0203. The fourth-order valence-corrected chi connectivity index (χ4v) is 1.95. The summed E-state index contributed by atoms with van der Waals surface area (Å²) in [5.74, 6) is 0.764. The lowest BCUT2D eigenvalue weighted by molar-refractivity contribution is 0.103. The van der Waals surface area contributed by atoms with Crippen molar-refractivity contribution in [3.8, 4) is 5.75 Å². The van der Waals surface area contributed by atoms with Crippen LogP contribution in [0.4, 0.5) is 5.69 Å². The predicted octanol–water partition coefficient (Wildman–Crippen LogP) is 2.99. The number of anilines is 1. The highest BCUT2D eigenvalue weighted by molar-refractivity contribution is 6.12. The van der Waals surface area contributed by atoms with Gasteiger partial charge in [0.2, 0.25) is 0 Å². The molecule has 0 amide bonds. The Kier molecular flexibility index (Phi) is 3.85. The highest BCUT2D eigenvalue weighted by Gasteiger charge is 2.15. The Hall–Kier alpha value is -2.29. The normalized spacial score (nSPS) is 10.1. The third kappa shape index (κ3) is 2.76. The molecule has 0 aromatic heterocycles. The monoisotopic (exact) mass is 255 g/mol. The molecule has 98 valence electrons. The molecule has 0 fully saturated rings. The van der Waals surface area contributed by atoms with Gasteiger partial charge in [0.15, 0.2) is 5.78 Å². The number of hydrogen-bond donors (Lipinski definition) is 0. The van der Waals surface area contributed by atoms with E-state index < -0.39 is 0 Å². The lowest BCUT2D eigenvalue weighted by Crippen LogP contribution is -2.14. The average molecular weight is 255 g/mol. The van der Waals surface area contributed by atoms with E-state index in [0.29, 0.717) is 11.1 Å². The second kappa shape index (κ2) is 5.57. The van der Waals surface area contributed by atoms with E-state index in [4.69, 9.17) is 4.74 Å². The molecule has 0 atom stereocenters. The van der Waals surface area contributed by atoms with Gasteiger partial charge in [-0.25, -0.2) is 0 Å². The van der Waals surface area contributed by atoms with E-state index in [1.807, 2.05) is 67.5 Å². The quantitative estimate of drug-likeness (QED) is 0.787. The summed E-state index contributed by atoms with van der Waals surface area (Å²) in [6.07, 6.45) is 0. The molecule has 0 unspecified atom stereocenters. The van der Waals surface area contributed by atoms with Gasteiger partial charge < -0.3 is 9.64 Å². The van der Waals surface area contributed by atoms with Crippen molar-refractivity contribution in [2.24, 2.45) is 0 Å². The molecule has 0 saturated heterocycles. The molecule has 0 aliphatic heterocycles. The van der Waals surface area contributed by atoms with E-state index in [-0.39, 0.29) is 5.78 Å². The smallest absolute Gasteiger partial charge is 0.195 e. The lowest BCUT2D eigenvalue weighted by Gasteiger charge is -2.18. The summed E-state index contributed by atoms with van der Waals surface area (Å²) in [5, 5.41) is 0. The Morgan fingerprint density at radius 2 is 1.74 bits per heavy atom. The fraction of sp³-hybridized carbons (Fsp3) is 0.188. The summed E-state index contributed by atoms with van der Waals surface area (Å²) in [7, 11) is 5.44. The van der Waals surface area contributed by atoms with Crippen molar-refractivity contribution in [2.45, 2.75) is 0 Å². The maximum absolute atomic E-state index is 12.5. The number of carbonyl (C=O) groups excluding carboxylic acids is 1. The molecule has 0 N–H and O–H groups in total. The van der Waals surface area contributed by atoms with Crippen molar-refractivity contribution in [3.05, 3.63) is 59.7 Å². The van der Waals surface area contributed by atoms with E-state index in [1.54, 1.807) is 7.11 Å². The lowest BCUT2D eigenvalue weighted by atomic mass is 10.0. The average Bonchev–Trinajstić information content (AvgIpc) is 2.46. The number of nitrogens with zero attached hydrogens (tertiary/aromatic N) is 1. The summed E-state index contributed by atoms with van der Waals surface area (Å²) in [6.45, 7) is 0.